The van der Waals surface area contributed by atoms with E-state index < -0.39 is 10.0 Å². The Balaban J connectivity index is 1.62. The van der Waals surface area contributed by atoms with E-state index in [1.165, 1.54) is 23.6 Å². The molecule has 2 aromatic rings. The van der Waals surface area contributed by atoms with E-state index in [2.05, 4.69) is 5.32 Å². The number of carbonyl (C=O) groups is 1. The summed E-state index contributed by atoms with van der Waals surface area (Å²) in [6, 6.07) is 15.9. The number of aryl methyl sites for hydroxylation is 1. The second-order valence-electron chi connectivity index (χ2n) is 8.16. The highest BCUT2D eigenvalue weighted by Crippen LogP contribution is 2.44. The lowest BCUT2D eigenvalue weighted by atomic mass is 9.95. The average Bonchev–Trinajstić information content (AvgIpc) is 3.36. The Kier molecular flexibility index (Phi) is 5.63. The van der Waals surface area contributed by atoms with Gasteiger partial charge in [0.05, 0.1) is 10.6 Å². The third-order valence-corrected chi connectivity index (χ3v) is 8.12. The summed E-state index contributed by atoms with van der Waals surface area (Å²) in [5.41, 5.74) is 1.47. The topological polar surface area (TPSA) is 66.5 Å². The standard InChI is InChI=1S/C23H28N2O3S/c1-2-18-8-6-7-11-22(18)25(29(27,28)20-9-4-3-5-10-20)16-23(26)24-21-15-17-12-13-19(21)14-17/h3-11,17,19,21H,2,12-16H2,1H3,(H,24,26). The van der Waals surface area contributed by atoms with Gasteiger partial charge in [-0.2, -0.15) is 0 Å². The van der Waals surface area contributed by atoms with Crippen molar-refractivity contribution in [2.75, 3.05) is 10.8 Å². The molecule has 0 saturated heterocycles. The van der Waals surface area contributed by atoms with Crippen LogP contribution in [0.5, 0.6) is 0 Å². The molecule has 3 unspecified atom stereocenters. The Hall–Kier alpha value is -2.34. The summed E-state index contributed by atoms with van der Waals surface area (Å²) in [6.07, 6.45) is 5.32. The van der Waals surface area contributed by atoms with Crippen LogP contribution in [0.1, 0.15) is 38.2 Å². The van der Waals surface area contributed by atoms with Gasteiger partial charge in [-0.05, 0) is 61.3 Å². The first kappa shape index (κ1) is 20.0. The summed E-state index contributed by atoms with van der Waals surface area (Å²) < 4.78 is 28.2. The number of carbonyl (C=O) groups excluding carboxylic acids is 1. The number of benzene rings is 2. The maximum Gasteiger partial charge on any atom is 0.264 e. The lowest BCUT2D eigenvalue weighted by Gasteiger charge is -2.28. The van der Waals surface area contributed by atoms with Crippen LogP contribution in [0.15, 0.2) is 59.5 Å². The first-order valence-corrected chi connectivity index (χ1v) is 11.9. The fourth-order valence-electron chi connectivity index (χ4n) is 4.88. The Labute approximate surface area is 173 Å². The zero-order chi connectivity index (χ0) is 20.4. The number of nitrogens with one attached hydrogen (secondary N) is 1. The molecule has 0 spiro atoms. The number of anilines is 1. The van der Waals surface area contributed by atoms with Crippen LogP contribution in [0.25, 0.3) is 0 Å². The van der Waals surface area contributed by atoms with Gasteiger partial charge in [-0.1, -0.05) is 49.7 Å². The van der Waals surface area contributed by atoms with Gasteiger partial charge in [0, 0.05) is 6.04 Å². The molecule has 0 aliphatic heterocycles. The van der Waals surface area contributed by atoms with Gasteiger partial charge in [0.1, 0.15) is 6.54 Å². The number of fused-ring (bicyclic) bond motifs is 2. The van der Waals surface area contributed by atoms with Crippen LogP contribution in [0, 0.1) is 11.8 Å². The Bertz CT molecular complexity index is 975. The molecule has 4 rings (SSSR count). The van der Waals surface area contributed by atoms with E-state index in [4.69, 9.17) is 0 Å². The molecule has 1 amide bonds. The number of sulfonamides is 1. The molecule has 2 aliphatic rings. The van der Waals surface area contributed by atoms with Gasteiger partial charge in [0.15, 0.2) is 0 Å². The van der Waals surface area contributed by atoms with Crippen LogP contribution < -0.4 is 9.62 Å². The highest BCUT2D eigenvalue weighted by Gasteiger charge is 2.40. The van der Waals surface area contributed by atoms with Crippen molar-refractivity contribution in [2.24, 2.45) is 11.8 Å². The van der Waals surface area contributed by atoms with Crippen molar-refractivity contribution < 1.29 is 13.2 Å². The second kappa shape index (κ2) is 8.19. The number of hydrogen-bond acceptors (Lipinski definition) is 3. The molecule has 154 valence electrons. The van der Waals surface area contributed by atoms with Gasteiger partial charge < -0.3 is 5.32 Å². The number of amides is 1. The summed E-state index contributed by atoms with van der Waals surface area (Å²) in [5, 5.41) is 3.13. The van der Waals surface area contributed by atoms with Crippen molar-refractivity contribution >= 4 is 21.6 Å². The molecule has 6 heteroatoms. The van der Waals surface area contributed by atoms with E-state index in [9.17, 15) is 13.2 Å². The monoisotopic (exact) mass is 412 g/mol. The van der Waals surface area contributed by atoms with Crippen molar-refractivity contribution in [3.8, 4) is 0 Å². The molecule has 29 heavy (non-hydrogen) atoms. The average molecular weight is 413 g/mol. The van der Waals surface area contributed by atoms with Crippen LogP contribution in [0.4, 0.5) is 5.69 Å². The zero-order valence-electron chi connectivity index (χ0n) is 16.8. The summed E-state index contributed by atoms with van der Waals surface area (Å²) in [5.74, 6) is 1.04. The highest BCUT2D eigenvalue weighted by molar-refractivity contribution is 7.92. The normalized spacial score (nSPS) is 23.1. The smallest absolute Gasteiger partial charge is 0.264 e. The number of hydrogen-bond donors (Lipinski definition) is 1. The van der Waals surface area contributed by atoms with Crippen molar-refractivity contribution in [1.82, 2.24) is 5.32 Å². The first-order chi connectivity index (χ1) is 14.0. The van der Waals surface area contributed by atoms with Crippen molar-refractivity contribution in [3.63, 3.8) is 0 Å². The van der Waals surface area contributed by atoms with Crippen LogP contribution in [0.2, 0.25) is 0 Å². The zero-order valence-corrected chi connectivity index (χ0v) is 17.6. The molecule has 1 N–H and O–H groups in total. The van der Waals surface area contributed by atoms with Gasteiger partial charge in [-0.25, -0.2) is 8.42 Å². The molecule has 2 aromatic carbocycles. The van der Waals surface area contributed by atoms with Crippen LogP contribution in [0.3, 0.4) is 0 Å². The molecular weight excluding hydrogens is 384 g/mol. The lowest BCUT2D eigenvalue weighted by Crippen LogP contribution is -2.46. The van der Waals surface area contributed by atoms with E-state index in [1.807, 2.05) is 25.1 Å². The SMILES string of the molecule is CCc1ccccc1N(CC(=O)NC1CC2CCC1C2)S(=O)(=O)c1ccccc1. The van der Waals surface area contributed by atoms with E-state index in [0.29, 0.717) is 18.0 Å². The van der Waals surface area contributed by atoms with Crippen molar-refractivity contribution in [2.45, 2.75) is 50.0 Å². The van der Waals surface area contributed by atoms with Gasteiger partial charge in [-0.15, -0.1) is 0 Å². The lowest BCUT2D eigenvalue weighted by molar-refractivity contribution is -0.120. The summed E-state index contributed by atoms with van der Waals surface area (Å²) in [4.78, 5) is 13.1. The molecule has 2 aliphatic carbocycles. The molecule has 3 atom stereocenters. The minimum absolute atomic E-state index is 0.184. The van der Waals surface area contributed by atoms with Gasteiger partial charge in [-0.3, -0.25) is 9.10 Å². The largest absolute Gasteiger partial charge is 0.352 e. The number of nitrogens with zero attached hydrogens (tertiary/aromatic N) is 1. The Morgan fingerprint density at radius 1 is 1.03 bits per heavy atom. The van der Waals surface area contributed by atoms with E-state index in [1.54, 1.807) is 36.4 Å². The summed E-state index contributed by atoms with van der Waals surface area (Å²) in [7, 11) is -3.85. The molecule has 0 radical (unpaired) electrons. The Morgan fingerprint density at radius 3 is 2.41 bits per heavy atom. The van der Waals surface area contributed by atoms with E-state index >= 15 is 0 Å². The van der Waals surface area contributed by atoms with Gasteiger partial charge in [0.25, 0.3) is 10.0 Å². The van der Waals surface area contributed by atoms with Crippen molar-refractivity contribution in [3.05, 3.63) is 60.2 Å². The van der Waals surface area contributed by atoms with Crippen LogP contribution >= 0.6 is 0 Å². The number of rotatable bonds is 7. The number of para-hydroxylation sites is 1. The molecule has 5 nitrogen and oxygen atoms in total. The first-order valence-electron chi connectivity index (χ1n) is 10.4. The quantitative estimate of drug-likeness (QED) is 0.753. The maximum atomic E-state index is 13.4. The van der Waals surface area contributed by atoms with E-state index in [-0.39, 0.29) is 23.4 Å². The molecule has 2 fully saturated rings. The molecular formula is C23H28N2O3S. The predicted molar refractivity (Wildman–Crippen MR) is 114 cm³/mol. The minimum atomic E-state index is -3.85. The van der Waals surface area contributed by atoms with Crippen molar-refractivity contribution in [1.29, 1.82) is 0 Å². The third kappa shape index (κ3) is 4.04. The third-order valence-electron chi connectivity index (χ3n) is 6.34. The molecule has 2 bridgehead atoms. The fourth-order valence-corrected chi connectivity index (χ4v) is 6.36. The minimum Gasteiger partial charge on any atom is -0.352 e. The van der Waals surface area contributed by atoms with E-state index in [0.717, 1.165) is 17.9 Å². The van der Waals surface area contributed by atoms with Crippen LogP contribution in [-0.2, 0) is 21.2 Å². The molecule has 0 heterocycles. The molecule has 2 saturated carbocycles. The predicted octanol–water partition coefficient (Wildman–Crippen LogP) is 3.75. The summed E-state index contributed by atoms with van der Waals surface area (Å²) in [6.45, 7) is 1.78. The Morgan fingerprint density at radius 2 is 1.76 bits per heavy atom. The second-order valence-corrected chi connectivity index (χ2v) is 10.0. The maximum absolute atomic E-state index is 13.4. The molecule has 0 aromatic heterocycles. The summed E-state index contributed by atoms with van der Waals surface area (Å²) >= 11 is 0. The van der Waals surface area contributed by atoms with Gasteiger partial charge >= 0.3 is 0 Å². The van der Waals surface area contributed by atoms with Crippen LogP contribution in [-0.4, -0.2) is 26.9 Å². The highest BCUT2D eigenvalue weighted by atomic mass is 32.2. The fraction of sp³-hybridized carbons (Fsp3) is 0.435. The van der Waals surface area contributed by atoms with Gasteiger partial charge in [0.2, 0.25) is 5.91 Å².